The zero-order chi connectivity index (χ0) is 15.2. The van der Waals surface area contributed by atoms with Gasteiger partial charge in [0, 0.05) is 5.69 Å². The molecular weight excluding hydrogens is 268 g/mol. The van der Waals surface area contributed by atoms with Crippen LogP contribution in [-0.4, -0.2) is 28.4 Å². The summed E-state index contributed by atoms with van der Waals surface area (Å²) in [6.07, 6.45) is 0. The van der Waals surface area contributed by atoms with Crippen LogP contribution >= 0.6 is 0 Å². The second-order valence-corrected chi connectivity index (χ2v) is 4.53. The van der Waals surface area contributed by atoms with E-state index in [2.05, 4.69) is 20.7 Å². The van der Waals surface area contributed by atoms with Crippen molar-refractivity contribution >= 4 is 11.6 Å². The van der Waals surface area contributed by atoms with Gasteiger partial charge in [-0.3, -0.25) is 9.89 Å². The largest absolute Gasteiger partial charge is 0.494 e. The second-order valence-electron chi connectivity index (χ2n) is 4.53. The molecule has 0 saturated carbocycles. The lowest BCUT2D eigenvalue weighted by Gasteiger charge is -2.05. The molecule has 21 heavy (non-hydrogen) atoms. The van der Waals surface area contributed by atoms with Gasteiger partial charge in [-0.25, -0.2) is 5.43 Å². The highest BCUT2D eigenvalue weighted by molar-refractivity contribution is 6.00. The Bertz CT molecular complexity index is 644. The molecule has 6 heteroatoms. The predicted molar refractivity (Wildman–Crippen MR) is 80.6 cm³/mol. The third-order valence-electron chi connectivity index (χ3n) is 2.85. The molecule has 6 nitrogen and oxygen atoms in total. The Morgan fingerprint density at radius 2 is 2.10 bits per heavy atom. The van der Waals surface area contributed by atoms with Crippen molar-refractivity contribution in [2.45, 2.75) is 20.8 Å². The predicted octanol–water partition coefficient (Wildman–Crippen LogP) is 2.27. The van der Waals surface area contributed by atoms with E-state index in [-0.39, 0.29) is 5.91 Å². The van der Waals surface area contributed by atoms with Crippen molar-refractivity contribution in [2.75, 3.05) is 6.61 Å². The Labute approximate surface area is 123 Å². The number of carbonyl (C=O) groups is 1. The number of hydrogen-bond acceptors (Lipinski definition) is 4. The summed E-state index contributed by atoms with van der Waals surface area (Å²) in [6, 6.07) is 9.20. The Hall–Kier alpha value is -2.63. The Morgan fingerprint density at radius 3 is 2.67 bits per heavy atom. The first kappa shape index (κ1) is 14.8. The first-order valence-electron chi connectivity index (χ1n) is 6.70. The number of nitrogens with zero attached hydrogens (tertiary/aromatic N) is 2. The van der Waals surface area contributed by atoms with E-state index in [0.29, 0.717) is 18.0 Å². The molecule has 0 spiro atoms. The van der Waals surface area contributed by atoms with Gasteiger partial charge in [0.25, 0.3) is 5.91 Å². The maximum absolute atomic E-state index is 11.8. The van der Waals surface area contributed by atoms with Gasteiger partial charge in [-0.2, -0.15) is 10.2 Å². The van der Waals surface area contributed by atoms with Crippen molar-refractivity contribution in [3.05, 3.63) is 47.3 Å². The van der Waals surface area contributed by atoms with Gasteiger partial charge in [-0.15, -0.1) is 0 Å². The summed E-state index contributed by atoms with van der Waals surface area (Å²) in [6.45, 7) is 6.22. The zero-order valence-electron chi connectivity index (χ0n) is 12.3. The number of aromatic nitrogens is 2. The topological polar surface area (TPSA) is 79.4 Å². The minimum atomic E-state index is -0.343. The molecule has 0 unspecified atom stereocenters. The number of nitrogens with one attached hydrogen (secondary N) is 2. The lowest BCUT2D eigenvalue weighted by Crippen LogP contribution is -2.19. The van der Waals surface area contributed by atoms with Crippen LogP contribution < -0.4 is 10.2 Å². The molecule has 1 aromatic carbocycles. The van der Waals surface area contributed by atoms with Crippen molar-refractivity contribution in [3.63, 3.8) is 0 Å². The number of hydrazone groups is 1. The van der Waals surface area contributed by atoms with Gasteiger partial charge in [0.15, 0.2) is 5.69 Å². The summed E-state index contributed by atoms with van der Waals surface area (Å²) in [5.41, 5.74) is 5.25. The fourth-order valence-electron chi connectivity index (χ4n) is 1.75. The van der Waals surface area contributed by atoms with Crippen LogP contribution in [0.5, 0.6) is 5.75 Å². The number of ether oxygens (including phenoxy) is 1. The Morgan fingerprint density at radius 1 is 1.38 bits per heavy atom. The third-order valence-corrected chi connectivity index (χ3v) is 2.85. The summed E-state index contributed by atoms with van der Waals surface area (Å²) in [7, 11) is 0. The maximum Gasteiger partial charge on any atom is 0.291 e. The van der Waals surface area contributed by atoms with Crippen molar-refractivity contribution < 1.29 is 9.53 Å². The van der Waals surface area contributed by atoms with Crippen LogP contribution in [0, 0.1) is 6.92 Å². The number of benzene rings is 1. The van der Waals surface area contributed by atoms with Crippen LogP contribution in [0.2, 0.25) is 0 Å². The van der Waals surface area contributed by atoms with E-state index < -0.39 is 0 Å². The highest BCUT2D eigenvalue weighted by Crippen LogP contribution is 2.12. The SMILES string of the molecule is CCOc1ccc(/C(C)=N\NC(=O)c2cc(C)[nH]n2)cc1. The molecule has 0 saturated heterocycles. The summed E-state index contributed by atoms with van der Waals surface area (Å²) in [5, 5.41) is 10.7. The molecule has 0 aliphatic carbocycles. The smallest absolute Gasteiger partial charge is 0.291 e. The van der Waals surface area contributed by atoms with E-state index in [4.69, 9.17) is 4.74 Å². The second kappa shape index (κ2) is 6.69. The summed E-state index contributed by atoms with van der Waals surface area (Å²) in [5.74, 6) is 0.467. The van der Waals surface area contributed by atoms with Gasteiger partial charge in [-0.05, 0) is 56.7 Å². The van der Waals surface area contributed by atoms with Gasteiger partial charge in [0.1, 0.15) is 5.75 Å². The molecule has 2 rings (SSSR count). The van der Waals surface area contributed by atoms with Crippen molar-refractivity contribution in [1.29, 1.82) is 0 Å². The van der Waals surface area contributed by atoms with Crippen LogP contribution in [-0.2, 0) is 0 Å². The fraction of sp³-hybridized carbons (Fsp3) is 0.267. The lowest BCUT2D eigenvalue weighted by atomic mass is 10.1. The van der Waals surface area contributed by atoms with E-state index in [1.807, 2.05) is 45.0 Å². The monoisotopic (exact) mass is 286 g/mol. The van der Waals surface area contributed by atoms with Crippen LogP contribution in [0.4, 0.5) is 0 Å². The molecule has 2 N–H and O–H groups in total. The van der Waals surface area contributed by atoms with Crippen molar-refractivity contribution in [2.24, 2.45) is 5.10 Å². The molecule has 1 aromatic heterocycles. The number of aryl methyl sites for hydroxylation is 1. The standard InChI is InChI=1S/C15H18N4O2/c1-4-21-13-7-5-12(6-8-13)11(3)17-19-15(20)14-9-10(2)16-18-14/h5-9H,4H2,1-3H3,(H,16,18)(H,19,20)/b17-11-. The van der Waals surface area contributed by atoms with E-state index >= 15 is 0 Å². The minimum absolute atomic E-state index is 0.316. The van der Waals surface area contributed by atoms with Gasteiger partial charge in [-0.1, -0.05) is 0 Å². The summed E-state index contributed by atoms with van der Waals surface area (Å²) in [4.78, 5) is 11.8. The molecule has 0 bridgehead atoms. The van der Waals surface area contributed by atoms with Gasteiger partial charge >= 0.3 is 0 Å². The highest BCUT2D eigenvalue weighted by atomic mass is 16.5. The van der Waals surface area contributed by atoms with Crippen molar-refractivity contribution in [3.8, 4) is 5.75 Å². The minimum Gasteiger partial charge on any atom is -0.494 e. The lowest BCUT2D eigenvalue weighted by molar-refractivity contribution is 0.0950. The van der Waals surface area contributed by atoms with Gasteiger partial charge < -0.3 is 4.74 Å². The molecule has 1 amide bonds. The quantitative estimate of drug-likeness (QED) is 0.653. The zero-order valence-corrected chi connectivity index (χ0v) is 12.3. The maximum atomic E-state index is 11.8. The van der Waals surface area contributed by atoms with Gasteiger partial charge in [0.05, 0.1) is 12.3 Å². The fourth-order valence-corrected chi connectivity index (χ4v) is 1.75. The number of rotatable bonds is 5. The van der Waals surface area contributed by atoms with E-state index in [1.54, 1.807) is 6.07 Å². The molecule has 2 aromatic rings. The molecule has 0 fully saturated rings. The van der Waals surface area contributed by atoms with Crippen molar-refractivity contribution in [1.82, 2.24) is 15.6 Å². The molecule has 110 valence electrons. The Kier molecular flexibility index (Phi) is 4.71. The first-order chi connectivity index (χ1) is 10.1. The molecule has 0 atom stereocenters. The van der Waals surface area contributed by atoms with E-state index in [0.717, 1.165) is 17.0 Å². The third kappa shape index (κ3) is 3.92. The van der Waals surface area contributed by atoms with Gasteiger partial charge in [0.2, 0.25) is 0 Å². The molecule has 0 radical (unpaired) electrons. The number of hydrogen-bond donors (Lipinski definition) is 2. The average Bonchev–Trinajstić information content (AvgIpc) is 2.92. The number of H-pyrrole nitrogens is 1. The normalized spacial score (nSPS) is 11.3. The summed E-state index contributed by atoms with van der Waals surface area (Å²) >= 11 is 0. The number of carbonyl (C=O) groups excluding carboxylic acids is 1. The number of aromatic amines is 1. The van der Waals surface area contributed by atoms with Crippen LogP contribution in [0.25, 0.3) is 0 Å². The average molecular weight is 286 g/mol. The van der Waals surface area contributed by atoms with E-state index in [9.17, 15) is 4.79 Å². The van der Waals surface area contributed by atoms with Crippen LogP contribution in [0.3, 0.4) is 0 Å². The molecule has 0 aliphatic rings. The molecule has 1 heterocycles. The molecule has 0 aliphatic heterocycles. The highest BCUT2D eigenvalue weighted by Gasteiger charge is 2.08. The van der Waals surface area contributed by atoms with Crippen LogP contribution in [0.1, 0.15) is 35.6 Å². The number of amides is 1. The Balaban J connectivity index is 2.01. The van der Waals surface area contributed by atoms with Crippen LogP contribution in [0.15, 0.2) is 35.4 Å². The molecular formula is C15H18N4O2. The first-order valence-corrected chi connectivity index (χ1v) is 6.70. The summed E-state index contributed by atoms with van der Waals surface area (Å²) < 4.78 is 5.38. The van der Waals surface area contributed by atoms with E-state index in [1.165, 1.54) is 0 Å².